The summed E-state index contributed by atoms with van der Waals surface area (Å²) in [6, 6.07) is 1.97. The molecule has 0 unspecified atom stereocenters. The molecular weight excluding hydrogens is 240 g/mol. The maximum Gasteiger partial charge on any atom is 0.227 e. The van der Waals surface area contributed by atoms with Crippen molar-refractivity contribution in [3.8, 4) is 0 Å². The van der Waals surface area contributed by atoms with Gasteiger partial charge in [-0.3, -0.25) is 0 Å². The predicted molar refractivity (Wildman–Crippen MR) is 76.6 cm³/mol. The van der Waals surface area contributed by atoms with Crippen molar-refractivity contribution in [2.24, 2.45) is 0 Å². The molecule has 102 valence electrons. The normalized spacial score (nSPS) is 10.6. The summed E-state index contributed by atoms with van der Waals surface area (Å²) in [4.78, 5) is 13.1. The van der Waals surface area contributed by atoms with Crippen LogP contribution in [0.1, 0.15) is 16.8 Å². The van der Waals surface area contributed by atoms with Crippen LogP contribution in [0.2, 0.25) is 0 Å². The van der Waals surface area contributed by atoms with Crippen LogP contribution in [-0.4, -0.2) is 31.1 Å². The molecule has 5 heteroatoms. The number of anilines is 2. The van der Waals surface area contributed by atoms with Crippen LogP contribution in [0, 0.1) is 13.8 Å². The van der Waals surface area contributed by atoms with Gasteiger partial charge in [-0.25, -0.2) is 4.98 Å². The predicted octanol–water partition coefficient (Wildman–Crippen LogP) is 2.39. The van der Waals surface area contributed by atoms with Crippen molar-refractivity contribution in [1.29, 1.82) is 0 Å². The van der Waals surface area contributed by atoms with Gasteiger partial charge >= 0.3 is 0 Å². The molecule has 0 spiro atoms. The minimum atomic E-state index is 0.733. The van der Waals surface area contributed by atoms with E-state index in [9.17, 15) is 0 Å². The topological polar surface area (TPSA) is 45.4 Å². The first kappa shape index (κ1) is 13.4. The molecule has 0 saturated carbocycles. The van der Waals surface area contributed by atoms with Crippen LogP contribution in [-0.2, 0) is 6.54 Å². The standard InChI is InChI=1S/C14H20N4O/c1-10-11(2)15-14(17(3)4)16-13(10)18(5)8-12-6-7-19-9-12/h6-7,9H,8H2,1-5H3. The highest BCUT2D eigenvalue weighted by molar-refractivity contribution is 5.52. The molecule has 2 aromatic heterocycles. The Morgan fingerprint density at radius 2 is 1.89 bits per heavy atom. The molecule has 0 N–H and O–H groups in total. The van der Waals surface area contributed by atoms with E-state index in [1.807, 2.05) is 39.0 Å². The van der Waals surface area contributed by atoms with Crippen molar-refractivity contribution < 1.29 is 4.42 Å². The van der Waals surface area contributed by atoms with Crippen LogP contribution in [0.15, 0.2) is 23.0 Å². The summed E-state index contributed by atoms with van der Waals surface area (Å²) >= 11 is 0. The Hall–Kier alpha value is -2.04. The van der Waals surface area contributed by atoms with Crippen molar-refractivity contribution >= 4 is 11.8 Å². The van der Waals surface area contributed by atoms with Crippen LogP contribution in [0.5, 0.6) is 0 Å². The Labute approximate surface area is 113 Å². The second-order valence-electron chi connectivity index (χ2n) is 4.94. The van der Waals surface area contributed by atoms with Crippen LogP contribution >= 0.6 is 0 Å². The second kappa shape index (κ2) is 5.30. The van der Waals surface area contributed by atoms with Crippen LogP contribution in [0.4, 0.5) is 11.8 Å². The second-order valence-corrected chi connectivity index (χ2v) is 4.94. The molecule has 0 aliphatic rings. The number of furan rings is 1. The van der Waals surface area contributed by atoms with Crippen molar-refractivity contribution in [2.75, 3.05) is 30.9 Å². The van der Waals surface area contributed by atoms with Gasteiger partial charge in [0.1, 0.15) is 5.82 Å². The molecule has 0 bridgehead atoms. The average molecular weight is 260 g/mol. The van der Waals surface area contributed by atoms with E-state index in [4.69, 9.17) is 4.42 Å². The van der Waals surface area contributed by atoms with E-state index >= 15 is 0 Å². The third kappa shape index (κ3) is 2.86. The van der Waals surface area contributed by atoms with Gasteiger partial charge in [0, 0.05) is 44.5 Å². The van der Waals surface area contributed by atoms with Crippen molar-refractivity contribution in [3.05, 3.63) is 35.4 Å². The van der Waals surface area contributed by atoms with E-state index in [-0.39, 0.29) is 0 Å². The van der Waals surface area contributed by atoms with Gasteiger partial charge in [-0.15, -0.1) is 0 Å². The highest BCUT2D eigenvalue weighted by Gasteiger charge is 2.13. The highest BCUT2D eigenvalue weighted by Crippen LogP contribution is 2.22. The molecule has 2 rings (SSSR count). The zero-order valence-electron chi connectivity index (χ0n) is 12.1. The average Bonchev–Trinajstić information content (AvgIpc) is 2.84. The molecule has 0 aliphatic heterocycles. The lowest BCUT2D eigenvalue weighted by Gasteiger charge is -2.22. The minimum absolute atomic E-state index is 0.733. The van der Waals surface area contributed by atoms with Gasteiger partial charge < -0.3 is 14.2 Å². The van der Waals surface area contributed by atoms with Gasteiger partial charge in [0.2, 0.25) is 5.95 Å². The first-order valence-electron chi connectivity index (χ1n) is 6.24. The van der Waals surface area contributed by atoms with Gasteiger partial charge in [-0.1, -0.05) is 0 Å². The molecule has 0 atom stereocenters. The van der Waals surface area contributed by atoms with E-state index in [1.165, 1.54) is 0 Å². The molecule has 0 fully saturated rings. The van der Waals surface area contributed by atoms with E-state index < -0.39 is 0 Å². The number of hydrogen-bond donors (Lipinski definition) is 0. The summed E-state index contributed by atoms with van der Waals surface area (Å²) < 4.78 is 5.10. The lowest BCUT2D eigenvalue weighted by molar-refractivity contribution is 0.563. The van der Waals surface area contributed by atoms with Crippen molar-refractivity contribution in [1.82, 2.24) is 9.97 Å². The van der Waals surface area contributed by atoms with Gasteiger partial charge in [0.25, 0.3) is 0 Å². The van der Waals surface area contributed by atoms with Gasteiger partial charge in [-0.05, 0) is 19.9 Å². The zero-order valence-corrected chi connectivity index (χ0v) is 12.1. The Morgan fingerprint density at radius 1 is 1.16 bits per heavy atom. The Kier molecular flexibility index (Phi) is 3.74. The van der Waals surface area contributed by atoms with Gasteiger partial charge in [0.05, 0.1) is 12.5 Å². The third-order valence-electron chi connectivity index (χ3n) is 3.11. The van der Waals surface area contributed by atoms with Gasteiger partial charge in [0.15, 0.2) is 0 Å². The quantitative estimate of drug-likeness (QED) is 0.844. The Balaban J connectivity index is 2.32. The fraction of sp³-hybridized carbons (Fsp3) is 0.429. The highest BCUT2D eigenvalue weighted by atomic mass is 16.3. The van der Waals surface area contributed by atoms with E-state index in [1.54, 1.807) is 12.5 Å². The van der Waals surface area contributed by atoms with E-state index in [0.29, 0.717) is 0 Å². The summed E-state index contributed by atoms with van der Waals surface area (Å²) in [5.74, 6) is 1.69. The molecule has 2 aromatic rings. The molecule has 5 nitrogen and oxygen atoms in total. The lowest BCUT2D eigenvalue weighted by atomic mass is 10.2. The molecule has 19 heavy (non-hydrogen) atoms. The number of aromatic nitrogens is 2. The molecule has 0 saturated heterocycles. The van der Waals surface area contributed by atoms with E-state index in [0.717, 1.165) is 35.1 Å². The molecule has 0 radical (unpaired) electrons. The number of aryl methyl sites for hydroxylation is 1. The van der Waals surface area contributed by atoms with Crippen LogP contribution in [0.25, 0.3) is 0 Å². The molecule has 0 aromatic carbocycles. The minimum Gasteiger partial charge on any atom is -0.472 e. The monoisotopic (exact) mass is 260 g/mol. The SMILES string of the molecule is Cc1nc(N(C)C)nc(N(C)Cc2ccoc2)c1C. The molecule has 0 aliphatic carbocycles. The number of rotatable bonds is 4. The molecule has 2 heterocycles. The van der Waals surface area contributed by atoms with E-state index in [2.05, 4.69) is 21.8 Å². The smallest absolute Gasteiger partial charge is 0.227 e. The lowest BCUT2D eigenvalue weighted by Crippen LogP contribution is -2.22. The largest absolute Gasteiger partial charge is 0.472 e. The summed E-state index contributed by atoms with van der Waals surface area (Å²) in [5, 5.41) is 0. The summed E-state index contributed by atoms with van der Waals surface area (Å²) in [5.41, 5.74) is 3.24. The first-order valence-corrected chi connectivity index (χ1v) is 6.24. The van der Waals surface area contributed by atoms with Crippen molar-refractivity contribution in [2.45, 2.75) is 20.4 Å². The molecule has 0 amide bonds. The fourth-order valence-corrected chi connectivity index (χ4v) is 1.90. The summed E-state index contributed by atoms with van der Waals surface area (Å²) in [6.45, 7) is 4.83. The first-order chi connectivity index (χ1) is 8.99. The summed E-state index contributed by atoms with van der Waals surface area (Å²) in [6.07, 6.45) is 3.44. The van der Waals surface area contributed by atoms with Gasteiger partial charge in [-0.2, -0.15) is 4.98 Å². The Morgan fingerprint density at radius 3 is 2.47 bits per heavy atom. The number of nitrogens with zero attached hydrogens (tertiary/aromatic N) is 4. The Bertz CT molecular complexity index is 549. The van der Waals surface area contributed by atoms with Crippen LogP contribution in [0.3, 0.4) is 0 Å². The van der Waals surface area contributed by atoms with Crippen LogP contribution < -0.4 is 9.80 Å². The fourth-order valence-electron chi connectivity index (χ4n) is 1.90. The van der Waals surface area contributed by atoms with Crippen molar-refractivity contribution in [3.63, 3.8) is 0 Å². The summed E-state index contributed by atoms with van der Waals surface area (Å²) in [7, 11) is 5.93. The molecular formula is C14H20N4O. The number of hydrogen-bond acceptors (Lipinski definition) is 5. The zero-order chi connectivity index (χ0) is 14.0. The maximum atomic E-state index is 5.10. The third-order valence-corrected chi connectivity index (χ3v) is 3.11. The maximum absolute atomic E-state index is 5.10.